The summed E-state index contributed by atoms with van der Waals surface area (Å²) in [5.41, 5.74) is 12.9. The van der Waals surface area contributed by atoms with Gasteiger partial charge in [0.05, 0.1) is 31.1 Å². The third kappa shape index (κ3) is 18.3. The minimum Gasteiger partial charge on any atom is -0.370 e. The summed E-state index contributed by atoms with van der Waals surface area (Å²) in [6.07, 6.45) is 3.15. The minimum absolute atomic E-state index is 0.0937. The van der Waals surface area contributed by atoms with Gasteiger partial charge in [-0.25, -0.2) is 10.3 Å². The summed E-state index contributed by atoms with van der Waals surface area (Å²) in [7, 11) is 0. The van der Waals surface area contributed by atoms with Crippen molar-refractivity contribution >= 4 is 71.0 Å². The maximum Gasteiger partial charge on any atom is 0.315 e. The van der Waals surface area contributed by atoms with Crippen LogP contribution in [0, 0.1) is 5.92 Å². The predicted octanol–water partition coefficient (Wildman–Crippen LogP) is -2.79. The second-order valence-electron chi connectivity index (χ2n) is 15.2. The molecule has 2 fully saturated rings. The summed E-state index contributed by atoms with van der Waals surface area (Å²) in [6, 6.07) is 5.27. The highest BCUT2D eigenvalue weighted by Gasteiger charge is 2.42. The number of amides is 11. The number of nitrogens with two attached hydrogens (primary N) is 2. The molecule has 342 valence electrons. The van der Waals surface area contributed by atoms with Crippen LogP contribution in [0.25, 0.3) is 0 Å². The number of carbonyl (C=O) groups is 10. The van der Waals surface area contributed by atoms with E-state index in [4.69, 9.17) is 16.7 Å². The van der Waals surface area contributed by atoms with E-state index in [2.05, 4.69) is 42.5 Å². The molecule has 14 N–H and O–H groups in total. The molecule has 62 heavy (non-hydrogen) atoms. The van der Waals surface area contributed by atoms with E-state index in [9.17, 15) is 47.9 Å². The van der Waals surface area contributed by atoms with Crippen LogP contribution < -0.4 is 59.5 Å². The standard InChI is InChI=1S/C39H59N11O11S/c1-22(45-37(58)24(18-31(53)50-61)17-23-9-3-2-4-10-23)36(57)47-26(14-15-29(40)51)38(59)44-19-32(54)43-20-33(55)46-25(35(41)56)11-7-8-16-42-30(52)13-6-5-12-28-34-27(21-62-28)48-39(60)49-34/h2-4,9-10,22,24-28,34,61H,5-8,11-21H2,1H3,(H2,40,51)(H2,41,56)(H,42,52)(H,43,54)(H,44,59)(H,45,58)(H,46,55)(H,47,57)(H,50,53)(H2,48,49,60)/t22-,24?,25-,26-,27-,28-,34-/m0/s1. The zero-order valence-electron chi connectivity index (χ0n) is 34.6. The Bertz CT molecular complexity index is 1760. The van der Waals surface area contributed by atoms with E-state index in [1.807, 2.05) is 11.8 Å². The van der Waals surface area contributed by atoms with Crippen LogP contribution in [0.4, 0.5) is 4.79 Å². The maximum atomic E-state index is 13.1. The number of hydroxylamine groups is 1. The maximum absolute atomic E-state index is 13.1. The van der Waals surface area contributed by atoms with E-state index >= 15 is 0 Å². The van der Waals surface area contributed by atoms with Crippen LogP contribution in [0.2, 0.25) is 0 Å². The molecular formula is C39H59N11O11S. The van der Waals surface area contributed by atoms with Gasteiger partial charge in [0.1, 0.15) is 18.1 Å². The topological polar surface area (TPSA) is 351 Å². The molecule has 7 atom stereocenters. The highest BCUT2D eigenvalue weighted by molar-refractivity contribution is 8.00. The first-order chi connectivity index (χ1) is 29.6. The molecule has 2 aliphatic heterocycles. The van der Waals surface area contributed by atoms with E-state index in [0.29, 0.717) is 37.5 Å². The molecule has 23 heteroatoms. The number of unbranched alkanes of at least 4 members (excludes halogenated alkanes) is 2. The Hall–Kier alpha value is -5.97. The number of primary amides is 2. The average Bonchev–Trinajstić information content (AvgIpc) is 3.80. The molecule has 0 aromatic heterocycles. The number of benzene rings is 1. The monoisotopic (exact) mass is 889 g/mol. The van der Waals surface area contributed by atoms with Crippen LogP contribution in [0.1, 0.15) is 76.7 Å². The second-order valence-corrected chi connectivity index (χ2v) is 16.4. The molecule has 1 aromatic rings. The zero-order chi connectivity index (χ0) is 45.6. The van der Waals surface area contributed by atoms with Gasteiger partial charge in [-0.2, -0.15) is 11.8 Å². The Morgan fingerprint density at radius 3 is 2.18 bits per heavy atom. The molecule has 22 nitrogen and oxygen atoms in total. The van der Waals surface area contributed by atoms with Crippen molar-refractivity contribution < 1.29 is 53.2 Å². The van der Waals surface area contributed by atoms with Crippen molar-refractivity contribution in [1.29, 1.82) is 0 Å². The van der Waals surface area contributed by atoms with Crippen molar-refractivity contribution in [2.75, 3.05) is 25.4 Å². The molecule has 1 unspecified atom stereocenters. The van der Waals surface area contributed by atoms with E-state index < -0.39 is 84.4 Å². The molecule has 3 rings (SSSR count). The molecule has 2 saturated heterocycles. The fraction of sp³-hybridized carbons (Fsp3) is 0.590. The number of hydrogen-bond donors (Lipinski definition) is 12. The minimum atomic E-state index is -1.37. The fourth-order valence-corrected chi connectivity index (χ4v) is 8.34. The number of thioether (sulfide) groups is 1. The van der Waals surface area contributed by atoms with Gasteiger partial charge < -0.3 is 54.0 Å². The summed E-state index contributed by atoms with van der Waals surface area (Å²) >= 11 is 1.83. The summed E-state index contributed by atoms with van der Waals surface area (Å²) < 4.78 is 0. The highest BCUT2D eigenvalue weighted by Crippen LogP contribution is 2.33. The molecule has 2 heterocycles. The van der Waals surface area contributed by atoms with Gasteiger partial charge in [0.25, 0.3) is 0 Å². The van der Waals surface area contributed by atoms with Crippen LogP contribution in [0.15, 0.2) is 30.3 Å². The molecular weight excluding hydrogens is 831 g/mol. The van der Waals surface area contributed by atoms with Gasteiger partial charge >= 0.3 is 6.03 Å². The number of urea groups is 1. The largest absolute Gasteiger partial charge is 0.370 e. The second kappa shape index (κ2) is 26.4. The van der Waals surface area contributed by atoms with Crippen molar-refractivity contribution in [2.24, 2.45) is 17.4 Å². The van der Waals surface area contributed by atoms with Gasteiger partial charge in [0.15, 0.2) is 0 Å². The van der Waals surface area contributed by atoms with Crippen molar-refractivity contribution in [3.8, 4) is 0 Å². The normalized spacial score (nSPS) is 18.2. The smallest absolute Gasteiger partial charge is 0.315 e. The van der Waals surface area contributed by atoms with Crippen LogP contribution in [-0.4, -0.2) is 125 Å². The fourth-order valence-electron chi connectivity index (χ4n) is 6.80. The molecule has 0 aliphatic carbocycles. The lowest BCUT2D eigenvalue weighted by atomic mass is 9.94. The van der Waals surface area contributed by atoms with E-state index in [-0.39, 0.29) is 56.1 Å². The Morgan fingerprint density at radius 2 is 1.48 bits per heavy atom. The van der Waals surface area contributed by atoms with Crippen LogP contribution in [0.3, 0.4) is 0 Å². The molecule has 11 amide bonds. The molecule has 0 spiro atoms. The van der Waals surface area contributed by atoms with Crippen molar-refractivity contribution in [3.05, 3.63) is 35.9 Å². The van der Waals surface area contributed by atoms with E-state index in [1.54, 1.807) is 30.3 Å². The third-order valence-corrected chi connectivity index (χ3v) is 11.7. The van der Waals surface area contributed by atoms with E-state index in [0.717, 1.165) is 24.2 Å². The first-order valence-electron chi connectivity index (χ1n) is 20.5. The Kier molecular flexibility index (Phi) is 21.4. The lowest BCUT2D eigenvalue weighted by Crippen LogP contribution is -2.54. The Morgan fingerprint density at radius 1 is 0.758 bits per heavy atom. The quantitative estimate of drug-likeness (QED) is 0.0176. The summed E-state index contributed by atoms with van der Waals surface area (Å²) in [5.74, 6) is -6.49. The summed E-state index contributed by atoms with van der Waals surface area (Å²) in [6.45, 7) is 0.491. The zero-order valence-corrected chi connectivity index (χ0v) is 35.4. The molecule has 0 radical (unpaired) electrons. The van der Waals surface area contributed by atoms with Gasteiger partial charge in [-0.1, -0.05) is 36.8 Å². The number of fused-ring (bicyclic) bond motifs is 1. The number of rotatable bonds is 28. The van der Waals surface area contributed by atoms with Gasteiger partial charge in [0, 0.05) is 36.8 Å². The third-order valence-electron chi connectivity index (χ3n) is 10.2. The van der Waals surface area contributed by atoms with Crippen LogP contribution in [0.5, 0.6) is 0 Å². The lowest BCUT2D eigenvalue weighted by Gasteiger charge is -2.23. The molecule has 1 aromatic carbocycles. The van der Waals surface area contributed by atoms with Gasteiger partial charge in [-0.3, -0.25) is 48.4 Å². The van der Waals surface area contributed by atoms with E-state index in [1.165, 1.54) is 12.4 Å². The first-order valence-corrected chi connectivity index (χ1v) is 21.5. The molecule has 0 bridgehead atoms. The van der Waals surface area contributed by atoms with Crippen molar-refractivity contribution in [3.63, 3.8) is 0 Å². The lowest BCUT2D eigenvalue weighted by molar-refractivity contribution is -0.136. The van der Waals surface area contributed by atoms with Gasteiger partial charge in [-0.05, 0) is 57.4 Å². The van der Waals surface area contributed by atoms with Gasteiger partial charge in [0.2, 0.25) is 53.2 Å². The highest BCUT2D eigenvalue weighted by atomic mass is 32.2. The summed E-state index contributed by atoms with van der Waals surface area (Å²) in [5, 5.41) is 30.0. The van der Waals surface area contributed by atoms with Crippen LogP contribution >= 0.6 is 11.8 Å². The number of nitrogens with one attached hydrogen (secondary N) is 9. The number of carbonyl (C=O) groups excluding carboxylic acids is 10. The van der Waals surface area contributed by atoms with Gasteiger partial charge in [-0.15, -0.1) is 0 Å². The average molecular weight is 890 g/mol. The first kappa shape index (κ1) is 50.4. The predicted molar refractivity (Wildman–Crippen MR) is 224 cm³/mol. The SMILES string of the molecule is C[C@H](NC(=O)C(CC(=O)NO)Cc1ccccc1)C(=O)N[C@@H](CCC(N)=O)C(=O)NCC(=O)NCC(=O)N[C@@H](CCCCNC(=O)CCCC[C@@H]1SC[C@@H]2NC(=O)N[C@@H]21)C(N)=O. The molecule has 2 aliphatic rings. The number of hydrogen-bond acceptors (Lipinski definition) is 12. The van der Waals surface area contributed by atoms with Crippen LogP contribution in [-0.2, 0) is 49.6 Å². The van der Waals surface area contributed by atoms with Crippen molar-refractivity contribution in [1.82, 2.24) is 48.0 Å². The Balaban J connectivity index is 1.35. The van der Waals surface area contributed by atoms with Crippen molar-refractivity contribution in [2.45, 2.75) is 113 Å². The molecule has 0 saturated carbocycles. The Labute approximate surface area is 363 Å². The summed E-state index contributed by atoms with van der Waals surface area (Å²) in [4.78, 5) is 123.